The van der Waals surface area contributed by atoms with Gasteiger partial charge < -0.3 is 5.32 Å². The summed E-state index contributed by atoms with van der Waals surface area (Å²) in [6, 6.07) is 12.2. The van der Waals surface area contributed by atoms with Crippen LogP contribution in [0.2, 0.25) is 0 Å². The number of aryl methyl sites for hydroxylation is 1. The molecule has 1 aromatic heterocycles. The van der Waals surface area contributed by atoms with Crippen LogP contribution in [-0.4, -0.2) is 32.3 Å². The summed E-state index contributed by atoms with van der Waals surface area (Å²) in [5.74, 6) is -0.732. The van der Waals surface area contributed by atoms with Crippen molar-refractivity contribution in [3.8, 4) is 0 Å². The standard InChI is InChI=1S/C20H20FN3O3S2/c1-14-6-2-3-9-17(14)19(25)18-13-28-20(24-18)22-10-5-11-23-29(26,27)16-8-4-7-15(21)12-16/h2-4,6-9,12-13,23H,5,10-11H2,1H3,(H,22,24). The van der Waals surface area contributed by atoms with Gasteiger partial charge in [0, 0.05) is 24.0 Å². The van der Waals surface area contributed by atoms with Gasteiger partial charge in [-0.15, -0.1) is 11.3 Å². The van der Waals surface area contributed by atoms with Gasteiger partial charge >= 0.3 is 0 Å². The predicted molar refractivity (Wildman–Crippen MR) is 111 cm³/mol. The summed E-state index contributed by atoms with van der Waals surface area (Å²) in [5, 5.41) is 5.37. The average Bonchev–Trinajstić information content (AvgIpc) is 3.16. The summed E-state index contributed by atoms with van der Waals surface area (Å²) in [6.07, 6.45) is 0.495. The number of benzene rings is 2. The van der Waals surface area contributed by atoms with Gasteiger partial charge in [-0.2, -0.15) is 0 Å². The van der Waals surface area contributed by atoms with Crippen molar-refractivity contribution in [1.82, 2.24) is 9.71 Å². The minimum atomic E-state index is -3.75. The highest BCUT2D eigenvalue weighted by Crippen LogP contribution is 2.19. The molecular formula is C20H20FN3O3S2. The maximum absolute atomic E-state index is 13.2. The first kappa shape index (κ1) is 21.1. The Balaban J connectivity index is 1.48. The zero-order valence-corrected chi connectivity index (χ0v) is 17.3. The third-order valence-electron chi connectivity index (χ3n) is 4.15. The summed E-state index contributed by atoms with van der Waals surface area (Å²) >= 11 is 1.32. The molecule has 0 aliphatic heterocycles. The van der Waals surface area contributed by atoms with Crippen molar-refractivity contribution in [2.75, 3.05) is 18.4 Å². The van der Waals surface area contributed by atoms with Gasteiger partial charge in [0.2, 0.25) is 15.8 Å². The number of nitrogens with one attached hydrogen (secondary N) is 2. The van der Waals surface area contributed by atoms with E-state index in [1.165, 1.54) is 29.5 Å². The Hall–Kier alpha value is -2.62. The van der Waals surface area contributed by atoms with Gasteiger partial charge in [0.05, 0.1) is 4.90 Å². The van der Waals surface area contributed by atoms with E-state index < -0.39 is 15.8 Å². The van der Waals surface area contributed by atoms with Gasteiger partial charge in [0.1, 0.15) is 11.5 Å². The summed E-state index contributed by atoms with van der Waals surface area (Å²) in [4.78, 5) is 16.7. The molecule has 29 heavy (non-hydrogen) atoms. The first-order valence-corrected chi connectivity index (χ1v) is 11.3. The molecule has 0 bridgehead atoms. The average molecular weight is 434 g/mol. The molecule has 1 heterocycles. The number of nitrogens with zero attached hydrogens (tertiary/aromatic N) is 1. The Morgan fingerprint density at radius 3 is 2.69 bits per heavy atom. The summed E-state index contributed by atoms with van der Waals surface area (Å²) in [6.45, 7) is 2.53. The fourth-order valence-electron chi connectivity index (χ4n) is 2.63. The van der Waals surface area contributed by atoms with Crippen molar-refractivity contribution in [3.05, 3.63) is 76.5 Å². The molecule has 0 atom stereocenters. The molecule has 3 rings (SSSR count). The van der Waals surface area contributed by atoms with E-state index in [1.807, 2.05) is 25.1 Å². The summed E-state index contributed by atoms with van der Waals surface area (Å²) in [5.41, 5.74) is 1.89. The van der Waals surface area contributed by atoms with E-state index in [0.717, 1.165) is 11.6 Å². The second kappa shape index (κ2) is 9.25. The van der Waals surface area contributed by atoms with E-state index in [1.54, 1.807) is 11.4 Å². The van der Waals surface area contributed by atoms with Crippen LogP contribution in [0.15, 0.2) is 58.8 Å². The molecule has 2 aromatic carbocycles. The van der Waals surface area contributed by atoms with Crippen LogP contribution in [0.5, 0.6) is 0 Å². The van der Waals surface area contributed by atoms with Crippen LogP contribution < -0.4 is 10.0 Å². The second-order valence-corrected chi connectivity index (χ2v) is 8.94. The zero-order valence-electron chi connectivity index (χ0n) is 15.7. The number of ketones is 1. The molecule has 152 valence electrons. The number of hydrogen-bond donors (Lipinski definition) is 2. The SMILES string of the molecule is Cc1ccccc1C(=O)c1csc(NCCCNS(=O)(=O)c2cccc(F)c2)n1. The first-order valence-electron chi connectivity index (χ1n) is 8.92. The molecule has 9 heteroatoms. The fraction of sp³-hybridized carbons (Fsp3) is 0.200. The Labute approximate surface area is 172 Å². The molecule has 0 fully saturated rings. The Kier molecular flexibility index (Phi) is 6.73. The molecule has 2 N–H and O–H groups in total. The third kappa shape index (κ3) is 5.47. The lowest BCUT2D eigenvalue weighted by Gasteiger charge is -2.07. The molecule has 0 spiro atoms. The van der Waals surface area contributed by atoms with Crippen molar-refractivity contribution in [3.63, 3.8) is 0 Å². The van der Waals surface area contributed by atoms with E-state index in [2.05, 4.69) is 15.0 Å². The quantitative estimate of drug-likeness (QED) is 0.398. The second-order valence-electron chi connectivity index (χ2n) is 6.32. The number of aromatic nitrogens is 1. The number of thiazole rings is 1. The molecule has 0 unspecified atom stereocenters. The van der Waals surface area contributed by atoms with Crippen LogP contribution in [-0.2, 0) is 10.0 Å². The molecular weight excluding hydrogens is 413 g/mol. The summed E-state index contributed by atoms with van der Waals surface area (Å²) in [7, 11) is -3.75. The fourth-order valence-corrected chi connectivity index (χ4v) is 4.46. The third-order valence-corrected chi connectivity index (χ3v) is 6.41. The van der Waals surface area contributed by atoms with E-state index in [9.17, 15) is 17.6 Å². The smallest absolute Gasteiger partial charge is 0.240 e. The molecule has 0 radical (unpaired) electrons. The molecule has 0 amide bonds. The van der Waals surface area contributed by atoms with Gasteiger partial charge in [-0.3, -0.25) is 4.79 Å². The number of rotatable bonds is 9. The van der Waals surface area contributed by atoms with Crippen LogP contribution in [0.3, 0.4) is 0 Å². The Bertz CT molecular complexity index is 1110. The number of halogens is 1. The minimum Gasteiger partial charge on any atom is -0.361 e. The lowest BCUT2D eigenvalue weighted by molar-refractivity contribution is 0.103. The van der Waals surface area contributed by atoms with Gasteiger partial charge in [-0.1, -0.05) is 30.3 Å². The molecule has 0 saturated carbocycles. The van der Waals surface area contributed by atoms with E-state index >= 15 is 0 Å². The molecule has 0 aliphatic rings. The summed E-state index contributed by atoms with van der Waals surface area (Å²) < 4.78 is 39.8. The molecule has 0 saturated heterocycles. The maximum Gasteiger partial charge on any atom is 0.240 e. The number of anilines is 1. The van der Waals surface area contributed by atoms with Gasteiger partial charge in [0.15, 0.2) is 5.13 Å². The van der Waals surface area contributed by atoms with Crippen molar-refractivity contribution in [2.24, 2.45) is 0 Å². The monoisotopic (exact) mass is 433 g/mol. The first-order chi connectivity index (χ1) is 13.9. The van der Waals surface area contributed by atoms with Crippen molar-refractivity contribution in [2.45, 2.75) is 18.2 Å². The lowest BCUT2D eigenvalue weighted by atomic mass is 10.0. The highest BCUT2D eigenvalue weighted by atomic mass is 32.2. The van der Waals surface area contributed by atoms with Crippen molar-refractivity contribution >= 4 is 32.3 Å². The minimum absolute atomic E-state index is 0.107. The number of sulfonamides is 1. The Morgan fingerprint density at radius 2 is 1.93 bits per heavy atom. The molecule has 0 aliphatic carbocycles. The lowest BCUT2D eigenvalue weighted by Crippen LogP contribution is -2.26. The van der Waals surface area contributed by atoms with Gasteiger partial charge in [0.25, 0.3) is 0 Å². The van der Waals surface area contributed by atoms with Gasteiger partial charge in [-0.05, 0) is 37.1 Å². The van der Waals surface area contributed by atoms with Crippen LogP contribution in [0.4, 0.5) is 9.52 Å². The highest BCUT2D eigenvalue weighted by Gasteiger charge is 2.15. The van der Waals surface area contributed by atoms with Crippen LogP contribution in [0, 0.1) is 12.7 Å². The van der Waals surface area contributed by atoms with E-state index in [-0.39, 0.29) is 17.2 Å². The Morgan fingerprint density at radius 1 is 1.14 bits per heavy atom. The van der Waals surface area contributed by atoms with Crippen molar-refractivity contribution in [1.29, 1.82) is 0 Å². The van der Waals surface area contributed by atoms with Crippen molar-refractivity contribution < 1.29 is 17.6 Å². The van der Waals surface area contributed by atoms with Crippen LogP contribution >= 0.6 is 11.3 Å². The largest absolute Gasteiger partial charge is 0.361 e. The topological polar surface area (TPSA) is 88.2 Å². The van der Waals surface area contributed by atoms with Gasteiger partial charge in [-0.25, -0.2) is 22.5 Å². The van der Waals surface area contributed by atoms with Crippen LogP contribution in [0.25, 0.3) is 0 Å². The number of hydrogen-bond acceptors (Lipinski definition) is 6. The van der Waals surface area contributed by atoms with E-state index in [4.69, 9.17) is 0 Å². The number of carbonyl (C=O) groups is 1. The molecule has 6 nitrogen and oxygen atoms in total. The maximum atomic E-state index is 13.2. The van der Waals surface area contributed by atoms with Crippen LogP contribution in [0.1, 0.15) is 28.0 Å². The zero-order chi connectivity index (χ0) is 20.9. The number of carbonyl (C=O) groups excluding carboxylic acids is 1. The van der Waals surface area contributed by atoms with E-state index in [0.29, 0.717) is 29.4 Å². The highest BCUT2D eigenvalue weighted by molar-refractivity contribution is 7.89. The predicted octanol–water partition coefficient (Wildman–Crippen LogP) is 3.60. The normalized spacial score (nSPS) is 11.4. The molecule has 3 aromatic rings.